The number of unbranched alkanes of at least 4 members (excludes halogenated alkanes) is 1. The number of halogens is 2. The van der Waals surface area contributed by atoms with Crippen LogP contribution in [0.15, 0.2) is 23.4 Å². The molecule has 0 fully saturated rings. The van der Waals surface area contributed by atoms with E-state index in [9.17, 15) is 0 Å². The van der Waals surface area contributed by atoms with Gasteiger partial charge in [0.25, 0.3) is 0 Å². The molecule has 0 heterocycles. The van der Waals surface area contributed by atoms with E-state index >= 15 is 0 Å². The lowest BCUT2D eigenvalue weighted by molar-refractivity contribution is 0.303. The molecule has 0 saturated heterocycles. The van der Waals surface area contributed by atoms with Crippen LogP contribution >= 0.6 is 23.2 Å². The molecule has 0 bridgehead atoms. The van der Waals surface area contributed by atoms with E-state index in [2.05, 4.69) is 6.58 Å². The summed E-state index contributed by atoms with van der Waals surface area (Å²) < 4.78 is 4.94. The zero-order valence-electron chi connectivity index (χ0n) is 6.57. The van der Waals surface area contributed by atoms with Crippen molar-refractivity contribution in [2.45, 2.75) is 12.8 Å². The van der Waals surface area contributed by atoms with Gasteiger partial charge >= 0.3 is 0 Å². The number of rotatable bonds is 5. The van der Waals surface area contributed by atoms with Crippen molar-refractivity contribution in [1.29, 1.82) is 0 Å². The summed E-state index contributed by atoms with van der Waals surface area (Å²) in [7, 11) is 1.57. The largest absolute Gasteiger partial charge is 0.496 e. The first-order chi connectivity index (χ1) is 5.22. The summed E-state index contributed by atoms with van der Waals surface area (Å²) in [5.74, 6) is 1.29. The standard InChI is InChI=1S/C8H12Cl2O/c1-7(10)8(11-2)5-3-4-6-9/h5H,1,3-4,6H2,2H3/b8-5+. The molecule has 0 rings (SSSR count). The Hall–Kier alpha value is -0.140. The maximum Gasteiger partial charge on any atom is 0.132 e. The first-order valence-corrected chi connectivity index (χ1v) is 4.28. The molecule has 0 amide bonds. The molecule has 0 aliphatic carbocycles. The fourth-order valence-electron chi connectivity index (χ4n) is 0.615. The van der Waals surface area contributed by atoms with Crippen molar-refractivity contribution in [3.63, 3.8) is 0 Å². The Morgan fingerprint density at radius 3 is 2.64 bits per heavy atom. The minimum atomic E-state index is 0.432. The average molecular weight is 195 g/mol. The summed E-state index contributed by atoms with van der Waals surface area (Å²) in [6.07, 6.45) is 3.69. The summed E-state index contributed by atoms with van der Waals surface area (Å²) in [4.78, 5) is 0. The Kier molecular flexibility index (Phi) is 6.48. The third-order valence-corrected chi connectivity index (χ3v) is 1.61. The van der Waals surface area contributed by atoms with Crippen LogP contribution in [-0.4, -0.2) is 13.0 Å². The fourth-order valence-corrected chi connectivity index (χ4v) is 0.924. The highest BCUT2D eigenvalue weighted by Crippen LogP contribution is 2.13. The van der Waals surface area contributed by atoms with Crippen molar-refractivity contribution in [1.82, 2.24) is 0 Å². The SMILES string of the molecule is C=C(Cl)/C(=C\CCCCl)OC. The number of hydrogen-bond donors (Lipinski definition) is 0. The highest BCUT2D eigenvalue weighted by atomic mass is 35.5. The Morgan fingerprint density at radius 2 is 2.27 bits per heavy atom. The first-order valence-electron chi connectivity index (χ1n) is 3.37. The van der Waals surface area contributed by atoms with Crippen molar-refractivity contribution >= 4 is 23.2 Å². The summed E-state index contributed by atoms with van der Waals surface area (Å²) >= 11 is 11.1. The minimum absolute atomic E-state index is 0.432. The normalized spacial score (nSPS) is 11.4. The lowest BCUT2D eigenvalue weighted by Gasteiger charge is -2.02. The molecular weight excluding hydrogens is 183 g/mol. The predicted molar refractivity (Wildman–Crippen MR) is 50.0 cm³/mol. The Morgan fingerprint density at radius 1 is 1.64 bits per heavy atom. The summed E-state index contributed by atoms with van der Waals surface area (Å²) in [6.45, 7) is 3.54. The van der Waals surface area contributed by atoms with Crippen LogP contribution in [0.5, 0.6) is 0 Å². The Bertz CT molecular complexity index is 152. The van der Waals surface area contributed by atoms with Gasteiger partial charge in [-0.15, -0.1) is 11.6 Å². The zero-order valence-corrected chi connectivity index (χ0v) is 8.08. The third-order valence-electron chi connectivity index (χ3n) is 1.15. The van der Waals surface area contributed by atoms with Gasteiger partial charge in [-0.2, -0.15) is 0 Å². The van der Waals surface area contributed by atoms with Crippen LogP contribution in [0.25, 0.3) is 0 Å². The summed E-state index contributed by atoms with van der Waals surface area (Å²) in [5.41, 5.74) is 0. The molecule has 0 unspecified atom stereocenters. The smallest absolute Gasteiger partial charge is 0.132 e. The fraction of sp³-hybridized carbons (Fsp3) is 0.500. The van der Waals surface area contributed by atoms with E-state index in [0.29, 0.717) is 16.7 Å². The van der Waals surface area contributed by atoms with Crippen molar-refractivity contribution in [3.05, 3.63) is 23.4 Å². The van der Waals surface area contributed by atoms with Gasteiger partial charge in [0.05, 0.1) is 12.1 Å². The van der Waals surface area contributed by atoms with Gasteiger partial charge in [0.1, 0.15) is 5.76 Å². The van der Waals surface area contributed by atoms with Gasteiger partial charge in [0.15, 0.2) is 0 Å². The van der Waals surface area contributed by atoms with Gasteiger partial charge < -0.3 is 4.74 Å². The molecule has 0 aliphatic rings. The Balaban J connectivity index is 3.81. The van der Waals surface area contributed by atoms with E-state index in [-0.39, 0.29) is 0 Å². The molecule has 11 heavy (non-hydrogen) atoms. The lowest BCUT2D eigenvalue weighted by atomic mass is 10.3. The first kappa shape index (κ1) is 10.9. The minimum Gasteiger partial charge on any atom is -0.496 e. The summed E-state index contributed by atoms with van der Waals surface area (Å²) in [5, 5.41) is 0.432. The van der Waals surface area contributed by atoms with Crippen molar-refractivity contribution in [2.75, 3.05) is 13.0 Å². The maximum absolute atomic E-state index is 5.60. The number of methoxy groups -OCH3 is 1. The van der Waals surface area contributed by atoms with Gasteiger partial charge in [-0.3, -0.25) is 0 Å². The molecule has 1 nitrogen and oxygen atoms in total. The zero-order chi connectivity index (χ0) is 8.69. The number of hydrogen-bond acceptors (Lipinski definition) is 1. The Labute approximate surface area is 77.6 Å². The van der Waals surface area contributed by atoms with Gasteiger partial charge in [0.2, 0.25) is 0 Å². The lowest BCUT2D eigenvalue weighted by Crippen LogP contribution is -1.85. The molecule has 0 spiro atoms. The number of alkyl halides is 1. The van der Waals surface area contributed by atoms with Crippen LogP contribution in [-0.2, 0) is 4.74 Å². The molecule has 0 aromatic heterocycles. The van der Waals surface area contributed by atoms with Crippen LogP contribution in [0.4, 0.5) is 0 Å². The topological polar surface area (TPSA) is 9.23 Å². The molecule has 0 atom stereocenters. The number of ether oxygens (including phenoxy) is 1. The molecule has 3 heteroatoms. The van der Waals surface area contributed by atoms with Gasteiger partial charge in [-0.05, 0) is 18.9 Å². The van der Waals surface area contributed by atoms with Gasteiger partial charge in [0, 0.05) is 5.88 Å². The second-order valence-electron chi connectivity index (χ2n) is 2.01. The summed E-state index contributed by atoms with van der Waals surface area (Å²) in [6, 6.07) is 0. The van der Waals surface area contributed by atoms with Crippen LogP contribution in [0, 0.1) is 0 Å². The monoisotopic (exact) mass is 194 g/mol. The van der Waals surface area contributed by atoms with E-state index < -0.39 is 0 Å². The van der Waals surface area contributed by atoms with E-state index in [4.69, 9.17) is 27.9 Å². The van der Waals surface area contributed by atoms with Gasteiger partial charge in [-0.25, -0.2) is 0 Å². The molecule has 0 aromatic carbocycles. The molecular formula is C8H12Cl2O. The predicted octanol–water partition coefficient (Wildman–Crippen LogP) is 3.29. The second-order valence-corrected chi connectivity index (χ2v) is 2.84. The quantitative estimate of drug-likeness (QED) is 0.283. The van der Waals surface area contributed by atoms with Crippen LogP contribution in [0.1, 0.15) is 12.8 Å². The van der Waals surface area contributed by atoms with Crippen molar-refractivity contribution in [2.24, 2.45) is 0 Å². The second kappa shape index (κ2) is 6.56. The van der Waals surface area contributed by atoms with E-state index in [0.717, 1.165) is 12.8 Å². The average Bonchev–Trinajstić information content (AvgIpc) is 1.97. The third kappa shape index (κ3) is 5.16. The van der Waals surface area contributed by atoms with Crippen molar-refractivity contribution in [3.8, 4) is 0 Å². The molecule has 64 valence electrons. The van der Waals surface area contributed by atoms with Crippen LogP contribution in [0.3, 0.4) is 0 Å². The van der Waals surface area contributed by atoms with E-state index in [1.807, 2.05) is 6.08 Å². The molecule has 0 radical (unpaired) electrons. The molecule has 0 aliphatic heterocycles. The van der Waals surface area contributed by atoms with Crippen molar-refractivity contribution < 1.29 is 4.74 Å². The van der Waals surface area contributed by atoms with Crippen LogP contribution < -0.4 is 0 Å². The molecule has 0 N–H and O–H groups in total. The van der Waals surface area contributed by atoms with E-state index in [1.165, 1.54) is 0 Å². The van der Waals surface area contributed by atoms with E-state index in [1.54, 1.807) is 7.11 Å². The highest BCUT2D eigenvalue weighted by molar-refractivity contribution is 6.31. The highest BCUT2D eigenvalue weighted by Gasteiger charge is 1.96. The van der Waals surface area contributed by atoms with Gasteiger partial charge in [-0.1, -0.05) is 18.2 Å². The number of allylic oxidation sites excluding steroid dienone is 2. The maximum atomic E-state index is 5.60. The molecule has 0 saturated carbocycles. The molecule has 0 aromatic rings. The van der Waals surface area contributed by atoms with Crippen LogP contribution in [0.2, 0.25) is 0 Å².